The van der Waals surface area contributed by atoms with Gasteiger partial charge in [-0.3, -0.25) is 9.36 Å². The van der Waals surface area contributed by atoms with Crippen molar-refractivity contribution in [1.29, 1.82) is 0 Å². The highest BCUT2D eigenvalue weighted by atomic mass is 32.1. The van der Waals surface area contributed by atoms with Crippen LogP contribution in [0.5, 0.6) is 0 Å². The molecule has 0 fully saturated rings. The number of ether oxygens (including phenoxy) is 1. The molecule has 0 aliphatic heterocycles. The number of thiophene rings is 1. The smallest absolute Gasteiger partial charge is 0.320 e. The number of hydrogen-bond donors (Lipinski definition) is 0. The largest absolute Gasteiger partial charge is 0.454 e. The summed E-state index contributed by atoms with van der Waals surface area (Å²) in [5.41, 5.74) is 1.84. The molecule has 0 saturated carbocycles. The van der Waals surface area contributed by atoms with E-state index in [1.807, 2.05) is 16.8 Å². The Bertz CT molecular complexity index is 830. The summed E-state index contributed by atoms with van der Waals surface area (Å²) >= 11 is 1.56. The van der Waals surface area contributed by atoms with E-state index in [4.69, 9.17) is 4.74 Å². The van der Waals surface area contributed by atoms with Gasteiger partial charge in [0.15, 0.2) is 11.9 Å². The van der Waals surface area contributed by atoms with E-state index in [1.165, 1.54) is 0 Å². The van der Waals surface area contributed by atoms with Gasteiger partial charge in [-0.1, -0.05) is 12.1 Å². The molecule has 0 aliphatic rings. The number of imidazole rings is 1. The lowest BCUT2D eigenvalue weighted by Gasteiger charge is -2.15. The number of halogens is 2. The average molecular weight is 350 g/mol. The molecule has 0 saturated heterocycles. The van der Waals surface area contributed by atoms with Gasteiger partial charge in [0.1, 0.15) is 0 Å². The molecule has 0 bridgehead atoms. The number of fused-ring (bicyclic) bond motifs is 1. The molecule has 126 valence electrons. The molecule has 7 heteroatoms. The van der Waals surface area contributed by atoms with Gasteiger partial charge < -0.3 is 4.74 Å². The summed E-state index contributed by atoms with van der Waals surface area (Å²) in [6.07, 6.45) is -0.0718. The van der Waals surface area contributed by atoms with Crippen molar-refractivity contribution in [2.45, 2.75) is 32.4 Å². The highest BCUT2D eigenvalue weighted by Crippen LogP contribution is 2.28. The molecule has 4 nitrogen and oxygen atoms in total. The van der Waals surface area contributed by atoms with Gasteiger partial charge in [0.05, 0.1) is 11.0 Å². The van der Waals surface area contributed by atoms with Crippen LogP contribution in [0.15, 0.2) is 41.1 Å². The molecule has 2 aromatic heterocycles. The molecule has 0 radical (unpaired) electrons. The van der Waals surface area contributed by atoms with Crippen LogP contribution in [0, 0.1) is 0 Å². The third kappa shape index (κ3) is 3.46. The first-order valence-electron chi connectivity index (χ1n) is 7.52. The van der Waals surface area contributed by atoms with Crippen LogP contribution in [0.1, 0.15) is 37.4 Å². The Labute approximate surface area is 141 Å². The van der Waals surface area contributed by atoms with Gasteiger partial charge in [-0.05, 0) is 47.9 Å². The van der Waals surface area contributed by atoms with E-state index in [0.29, 0.717) is 17.5 Å². The molecule has 0 spiro atoms. The maximum absolute atomic E-state index is 13.4. The van der Waals surface area contributed by atoms with Crippen molar-refractivity contribution in [3.63, 3.8) is 0 Å². The quantitative estimate of drug-likeness (QED) is 0.604. The van der Waals surface area contributed by atoms with Gasteiger partial charge >= 0.3 is 12.5 Å². The van der Waals surface area contributed by atoms with Crippen LogP contribution in [-0.4, -0.2) is 15.5 Å². The highest BCUT2D eigenvalue weighted by Gasteiger charge is 2.24. The molecule has 1 aromatic carbocycles. The third-order valence-corrected chi connectivity index (χ3v) is 4.42. The summed E-state index contributed by atoms with van der Waals surface area (Å²) in [5, 5.41) is 3.90. The summed E-state index contributed by atoms with van der Waals surface area (Å²) in [5.74, 6) is -0.378. The Kier molecular flexibility index (Phi) is 4.89. The number of carbonyl (C=O) groups excluding carboxylic acids is 1. The summed E-state index contributed by atoms with van der Waals surface area (Å²) in [4.78, 5) is 16.2. The van der Waals surface area contributed by atoms with Crippen molar-refractivity contribution >= 4 is 28.3 Å². The molecular formula is C17H16F2N2O2S. The number of rotatable bonds is 6. The van der Waals surface area contributed by atoms with Crippen molar-refractivity contribution in [2.75, 3.05) is 0 Å². The van der Waals surface area contributed by atoms with Gasteiger partial charge in [0.25, 0.3) is 0 Å². The number of para-hydroxylation sites is 2. The second-order valence-electron chi connectivity index (χ2n) is 5.37. The predicted molar refractivity (Wildman–Crippen MR) is 88.1 cm³/mol. The molecule has 3 aromatic rings. The summed E-state index contributed by atoms with van der Waals surface area (Å²) < 4.78 is 32.9. The Morgan fingerprint density at radius 3 is 2.83 bits per heavy atom. The number of alkyl halides is 2. The first-order valence-corrected chi connectivity index (χ1v) is 8.46. The van der Waals surface area contributed by atoms with Gasteiger partial charge in [-0.25, -0.2) is 4.98 Å². The van der Waals surface area contributed by atoms with Gasteiger partial charge in [-0.2, -0.15) is 20.1 Å². The summed E-state index contributed by atoms with van der Waals surface area (Å²) in [6, 6.07) is 8.57. The van der Waals surface area contributed by atoms with E-state index in [-0.39, 0.29) is 12.2 Å². The Morgan fingerprint density at radius 2 is 2.12 bits per heavy atom. The molecule has 1 unspecified atom stereocenters. The number of aryl methyl sites for hydroxylation is 1. The molecule has 24 heavy (non-hydrogen) atoms. The standard InChI is InChI=1S/C17H16F2N2O2S/c1-11(23-15(22)7-6-12-8-9-24-10-12)16-20-13-4-2-3-5-14(13)21(16)17(18)19/h2-5,8-11,17H,6-7H2,1H3. The zero-order valence-corrected chi connectivity index (χ0v) is 13.8. The third-order valence-electron chi connectivity index (χ3n) is 3.69. The zero-order chi connectivity index (χ0) is 17.1. The van der Waals surface area contributed by atoms with Gasteiger partial charge in [-0.15, -0.1) is 0 Å². The molecule has 0 N–H and O–H groups in total. The van der Waals surface area contributed by atoms with Crippen LogP contribution in [0.4, 0.5) is 8.78 Å². The SMILES string of the molecule is CC(OC(=O)CCc1ccsc1)c1nc2ccccc2n1C(F)F. The maximum Gasteiger partial charge on any atom is 0.320 e. The first kappa shape index (κ1) is 16.6. The number of nitrogens with zero attached hydrogens (tertiary/aromatic N) is 2. The van der Waals surface area contributed by atoms with E-state index < -0.39 is 18.6 Å². The molecule has 0 aliphatic carbocycles. The normalized spacial score (nSPS) is 12.7. The lowest BCUT2D eigenvalue weighted by molar-refractivity contribution is -0.149. The van der Waals surface area contributed by atoms with Crippen LogP contribution in [0.2, 0.25) is 0 Å². The molecule has 0 amide bonds. The fraction of sp³-hybridized carbons (Fsp3) is 0.294. The van der Waals surface area contributed by atoms with E-state index >= 15 is 0 Å². The highest BCUT2D eigenvalue weighted by molar-refractivity contribution is 7.07. The van der Waals surface area contributed by atoms with Crippen LogP contribution in [0.25, 0.3) is 11.0 Å². The minimum absolute atomic E-state index is 0.0510. The van der Waals surface area contributed by atoms with Crippen LogP contribution < -0.4 is 0 Å². The van der Waals surface area contributed by atoms with E-state index in [9.17, 15) is 13.6 Å². The minimum Gasteiger partial charge on any atom is -0.454 e. The zero-order valence-electron chi connectivity index (χ0n) is 13.0. The van der Waals surface area contributed by atoms with Crippen molar-refractivity contribution in [1.82, 2.24) is 9.55 Å². The second kappa shape index (κ2) is 7.09. The predicted octanol–water partition coefficient (Wildman–Crippen LogP) is 4.73. The van der Waals surface area contributed by atoms with E-state index in [2.05, 4.69) is 4.98 Å². The summed E-state index contributed by atoms with van der Waals surface area (Å²) in [7, 11) is 0. The van der Waals surface area contributed by atoms with E-state index in [1.54, 1.807) is 42.5 Å². The topological polar surface area (TPSA) is 44.1 Å². The minimum atomic E-state index is -2.75. The number of hydrogen-bond acceptors (Lipinski definition) is 4. The van der Waals surface area contributed by atoms with Crippen molar-refractivity contribution < 1.29 is 18.3 Å². The molecule has 2 heterocycles. The molecular weight excluding hydrogens is 334 g/mol. The number of benzene rings is 1. The number of carbonyl (C=O) groups is 1. The van der Waals surface area contributed by atoms with Crippen molar-refractivity contribution in [2.24, 2.45) is 0 Å². The first-order chi connectivity index (χ1) is 11.6. The Hall–Kier alpha value is -2.28. The second-order valence-corrected chi connectivity index (χ2v) is 6.15. The van der Waals surface area contributed by atoms with E-state index in [0.717, 1.165) is 10.1 Å². The fourth-order valence-electron chi connectivity index (χ4n) is 2.55. The van der Waals surface area contributed by atoms with Gasteiger partial charge in [0.2, 0.25) is 0 Å². The fourth-order valence-corrected chi connectivity index (χ4v) is 3.25. The van der Waals surface area contributed by atoms with Crippen LogP contribution >= 0.6 is 11.3 Å². The monoisotopic (exact) mass is 350 g/mol. The lowest BCUT2D eigenvalue weighted by atomic mass is 10.2. The van der Waals surface area contributed by atoms with Crippen molar-refractivity contribution in [3.8, 4) is 0 Å². The Morgan fingerprint density at radius 1 is 1.33 bits per heavy atom. The number of esters is 1. The summed E-state index contributed by atoms with van der Waals surface area (Å²) in [6.45, 7) is -1.19. The van der Waals surface area contributed by atoms with Crippen LogP contribution in [0.3, 0.4) is 0 Å². The average Bonchev–Trinajstić information content (AvgIpc) is 3.20. The van der Waals surface area contributed by atoms with Crippen molar-refractivity contribution in [3.05, 3.63) is 52.5 Å². The number of aromatic nitrogens is 2. The maximum atomic E-state index is 13.4. The Balaban J connectivity index is 1.74. The molecule has 3 rings (SSSR count). The lowest BCUT2D eigenvalue weighted by Crippen LogP contribution is -2.14. The molecule has 1 atom stereocenters. The van der Waals surface area contributed by atoms with Gasteiger partial charge in [0, 0.05) is 6.42 Å². The van der Waals surface area contributed by atoms with Crippen LogP contribution in [-0.2, 0) is 16.0 Å².